The molecule has 0 saturated carbocycles. The summed E-state index contributed by atoms with van der Waals surface area (Å²) in [5.74, 6) is 0. The van der Waals surface area contributed by atoms with Gasteiger partial charge in [-0.2, -0.15) is 0 Å². The molecule has 0 aromatic heterocycles. The molecule has 0 aliphatic heterocycles. The summed E-state index contributed by atoms with van der Waals surface area (Å²) in [6, 6.07) is 6.89. The molecule has 0 bridgehead atoms. The third-order valence-electron chi connectivity index (χ3n) is 3.07. The first-order valence-electron chi connectivity index (χ1n) is 6.44. The summed E-state index contributed by atoms with van der Waals surface area (Å²) in [5, 5.41) is 0. The molecule has 1 aromatic carbocycles. The van der Waals surface area contributed by atoms with Crippen LogP contribution in [0, 0.1) is 0 Å². The lowest BCUT2D eigenvalue weighted by Gasteiger charge is -2.26. The molecule has 0 aliphatic carbocycles. The van der Waals surface area contributed by atoms with Crippen LogP contribution in [0.15, 0.2) is 24.3 Å². The Morgan fingerprint density at radius 1 is 0.882 bits per heavy atom. The summed E-state index contributed by atoms with van der Waals surface area (Å²) < 4.78 is 0. The molecule has 0 saturated heterocycles. The zero-order valence-electron chi connectivity index (χ0n) is 12.4. The van der Waals surface area contributed by atoms with E-state index in [1.807, 2.05) is 0 Å². The van der Waals surface area contributed by atoms with Gasteiger partial charge >= 0.3 is 0 Å². The van der Waals surface area contributed by atoms with E-state index in [1.165, 1.54) is 16.7 Å². The van der Waals surface area contributed by atoms with E-state index in [1.54, 1.807) is 0 Å². The van der Waals surface area contributed by atoms with Crippen molar-refractivity contribution in [3.8, 4) is 0 Å². The number of rotatable bonds is 1. The van der Waals surface area contributed by atoms with Gasteiger partial charge in [-0.25, -0.2) is 0 Å². The van der Waals surface area contributed by atoms with Gasteiger partial charge in [0.15, 0.2) is 0 Å². The van der Waals surface area contributed by atoms with Crippen molar-refractivity contribution < 1.29 is 0 Å². The highest BCUT2D eigenvalue weighted by Gasteiger charge is 2.20. The summed E-state index contributed by atoms with van der Waals surface area (Å²) in [5.41, 5.74) is 4.59. The highest BCUT2D eigenvalue weighted by Crippen LogP contribution is 2.31. The van der Waals surface area contributed by atoms with Crippen LogP contribution in [-0.2, 0) is 10.8 Å². The summed E-state index contributed by atoms with van der Waals surface area (Å²) in [6.45, 7) is 15.7. The van der Waals surface area contributed by atoms with Gasteiger partial charge in [0.05, 0.1) is 0 Å². The molecule has 1 rings (SSSR count). The van der Waals surface area contributed by atoms with Crippen molar-refractivity contribution in [2.45, 2.75) is 59.3 Å². The topological polar surface area (TPSA) is 0 Å². The second-order valence-electron chi connectivity index (χ2n) is 6.80. The Bertz CT molecular complexity index is 409. The first-order valence-corrected chi connectivity index (χ1v) is 6.44. The molecule has 0 unspecified atom stereocenters. The zero-order chi connectivity index (χ0) is 13.3. The van der Waals surface area contributed by atoms with Crippen LogP contribution < -0.4 is 0 Å². The molecule has 0 fully saturated rings. The van der Waals surface area contributed by atoms with Crippen LogP contribution in [0.2, 0.25) is 0 Å². The first kappa shape index (κ1) is 14.0. The number of hydrogen-bond donors (Lipinski definition) is 0. The van der Waals surface area contributed by atoms with Crippen LogP contribution in [0.25, 0.3) is 6.08 Å². The average molecular weight is 230 g/mol. The van der Waals surface area contributed by atoms with E-state index in [0.29, 0.717) is 0 Å². The smallest absolute Gasteiger partial charge is 0.0126 e. The van der Waals surface area contributed by atoms with E-state index in [2.05, 4.69) is 78.8 Å². The molecule has 0 amide bonds. The maximum atomic E-state index is 2.33. The Balaban J connectivity index is 3.38. The van der Waals surface area contributed by atoms with Gasteiger partial charge in [0.1, 0.15) is 0 Å². The molecular formula is C17H26. The first-order chi connectivity index (χ1) is 7.66. The van der Waals surface area contributed by atoms with Crippen molar-refractivity contribution in [1.82, 2.24) is 0 Å². The minimum atomic E-state index is 0.200. The summed E-state index contributed by atoms with van der Waals surface area (Å²) >= 11 is 0. The van der Waals surface area contributed by atoms with Gasteiger partial charge in [-0.15, -0.1) is 0 Å². The number of hydrogen-bond acceptors (Lipinski definition) is 0. The quantitative estimate of drug-likeness (QED) is 0.613. The minimum absolute atomic E-state index is 0.200. The summed E-state index contributed by atoms with van der Waals surface area (Å²) in [7, 11) is 0. The minimum Gasteiger partial charge on any atom is -0.0871 e. The van der Waals surface area contributed by atoms with E-state index < -0.39 is 0 Å². The highest BCUT2D eigenvalue weighted by molar-refractivity contribution is 5.57. The van der Waals surface area contributed by atoms with Crippen molar-refractivity contribution in [3.63, 3.8) is 0 Å². The Labute approximate surface area is 107 Å². The van der Waals surface area contributed by atoms with Crippen LogP contribution >= 0.6 is 0 Å². The van der Waals surface area contributed by atoms with Gasteiger partial charge in [0.2, 0.25) is 0 Å². The van der Waals surface area contributed by atoms with Crippen LogP contribution in [0.4, 0.5) is 0 Å². The molecule has 0 aliphatic rings. The monoisotopic (exact) mass is 230 g/mol. The van der Waals surface area contributed by atoms with Crippen LogP contribution in [0.5, 0.6) is 0 Å². The molecule has 0 heteroatoms. The Morgan fingerprint density at radius 3 is 1.88 bits per heavy atom. The van der Waals surface area contributed by atoms with Gasteiger partial charge in [-0.05, 0) is 34.4 Å². The average Bonchev–Trinajstić information content (AvgIpc) is 2.15. The number of benzene rings is 1. The second kappa shape index (κ2) is 4.68. The SMILES string of the molecule is C/C=C\c1cc(C(C)(C)C)ccc1C(C)(C)C. The van der Waals surface area contributed by atoms with Crippen molar-refractivity contribution in [1.29, 1.82) is 0 Å². The second-order valence-corrected chi connectivity index (χ2v) is 6.80. The van der Waals surface area contributed by atoms with Crippen LogP contribution in [-0.4, -0.2) is 0 Å². The maximum Gasteiger partial charge on any atom is -0.0126 e. The van der Waals surface area contributed by atoms with Gasteiger partial charge < -0.3 is 0 Å². The Morgan fingerprint density at radius 2 is 1.47 bits per heavy atom. The lowest BCUT2D eigenvalue weighted by molar-refractivity contribution is 0.576. The third kappa shape index (κ3) is 3.46. The van der Waals surface area contributed by atoms with Gasteiger partial charge in [-0.1, -0.05) is 71.9 Å². The fraction of sp³-hybridized carbons (Fsp3) is 0.529. The van der Waals surface area contributed by atoms with Crippen LogP contribution in [0.3, 0.4) is 0 Å². The fourth-order valence-electron chi connectivity index (χ4n) is 2.03. The zero-order valence-corrected chi connectivity index (χ0v) is 12.4. The highest BCUT2D eigenvalue weighted by atomic mass is 14.2. The molecule has 0 nitrogen and oxygen atoms in total. The van der Waals surface area contributed by atoms with E-state index in [4.69, 9.17) is 0 Å². The molecule has 17 heavy (non-hydrogen) atoms. The molecule has 0 heterocycles. The molecule has 94 valence electrons. The lowest BCUT2D eigenvalue weighted by Crippen LogP contribution is -2.16. The molecule has 0 spiro atoms. The largest absolute Gasteiger partial charge is 0.0871 e. The van der Waals surface area contributed by atoms with Gasteiger partial charge in [0.25, 0.3) is 0 Å². The maximum absolute atomic E-state index is 2.33. The Hall–Kier alpha value is -1.04. The van der Waals surface area contributed by atoms with Crippen molar-refractivity contribution in [2.75, 3.05) is 0 Å². The standard InChI is InChI=1S/C17H26/c1-8-9-13-12-14(16(2,3)4)10-11-15(13)17(5,6)7/h8-12H,1-7H3/b9-8-. The van der Waals surface area contributed by atoms with E-state index >= 15 is 0 Å². The van der Waals surface area contributed by atoms with Crippen molar-refractivity contribution in [3.05, 3.63) is 41.0 Å². The van der Waals surface area contributed by atoms with Gasteiger partial charge in [-0.3, -0.25) is 0 Å². The molecular weight excluding hydrogens is 204 g/mol. The Kier molecular flexibility index (Phi) is 3.86. The van der Waals surface area contributed by atoms with E-state index in [9.17, 15) is 0 Å². The fourth-order valence-corrected chi connectivity index (χ4v) is 2.03. The molecule has 0 N–H and O–H groups in total. The lowest BCUT2D eigenvalue weighted by atomic mass is 9.79. The molecule has 0 radical (unpaired) electrons. The number of allylic oxidation sites excluding steroid dienone is 1. The third-order valence-corrected chi connectivity index (χ3v) is 3.07. The van der Waals surface area contributed by atoms with Crippen molar-refractivity contribution in [2.24, 2.45) is 0 Å². The van der Waals surface area contributed by atoms with Gasteiger partial charge in [0, 0.05) is 0 Å². The van der Waals surface area contributed by atoms with E-state index in [0.717, 1.165) is 0 Å². The predicted octanol–water partition coefficient (Wildman–Crippen LogP) is 5.31. The summed E-state index contributed by atoms with van der Waals surface area (Å²) in [4.78, 5) is 0. The molecule has 1 aromatic rings. The molecule has 0 atom stereocenters. The predicted molar refractivity (Wildman–Crippen MR) is 78.6 cm³/mol. The normalized spacial score (nSPS) is 13.4. The van der Waals surface area contributed by atoms with Crippen LogP contribution in [0.1, 0.15) is 65.2 Å². The summed E-state index contributed by atoms with van der Waals surface area (Å²) in [6.07, 6.45) is 4.34. The van der Waals surface area contributed by atoms with E-state index in [-0.39, 0.29) is 10.8 Å². The van der Waals surface area contributed by atoms with Crippen molar-refractivity contribution >= 4 is 6.08 Å².